The van der Waals surface area contributed by atoms with E-state index in [1.54, 1.807) is 50.6 Å². The fourth-order valence-corrected chi connectivity index (χ4v) is 2.58. The van der Waals surface area contributed by atoms with Crippen LogP contribution >= 0.6 is 0 Å². The van der Waals surface area contributed by atoms with Gasteiger partial charge in [0.15, 0.2) is 0 Å². The third-order valence-electron chi connectivity index (χ3n) is 4.10. The van der Waals surface area contributed by atoms with E-state index >= 15 is 0 Å². The minimum atomic E-state index is -0.524. The van der Waals surface area contributed by atoms with Gasteiger partial charge < -0.3 is 9.64 Å². The van der Waals surface area contributed by atoms with Crippen LogP contribution in [0.1, 0.15) is 21.6 Å². The number of aromatic amines is 1. The molecule has 1 aromatic heterocycles. The van der Waals surface area contributed by atoms with Gasteiger partial charge in [-0.05, 0) is 41.1 Å². The highest BCUT2D eigenvalue weighted by atomic mass is 16.5. The Balaban J connectivity index is 1.85. The molecule has 1 N–H and O–H groups in total. The third-order valence-corrected chi connectivity index (χ3v) is 4.10. The number of rotatable bonds is 5. The molecule has 134 valence electrons. The van der Waals surface area contributed by atoms with Gasteiger partial charge in [-0.15, -0.1) is 0 Å². The van der Waals surface area contributed by atoms with Crippen LogP contribution in [0, 0.1) is 6.92 Å². The molecule has 26 heavy (non-hydrogen) atoms. The van der Waals surface area contributed by atoms with Gasteiger partial charge in [0.25, 0.3) is 5.91 Å². The molecule has 1 heterocycles. The lowest BCUT2D eigenvalue weighted by Crippen LogP contribution is -2.42. The highest BCUT2D eigenvalue weighted by Crippen LogP contribution is 2.12. The Labute approximate surface area is 150 Å². The van der Waals surface area contributed by atoms with E-state index in [1.807, 2.05) is 19.1 Å². The van der Waals surface area contributed by atoms with E-state index in [0.717, 1.165) is 5.56 Å². The Hall–Kier alpha value is -3.35. The van der Waals surface area contributed by atoms with Crippen molar-refractivity contribution >= 4 is 5.91 Å². The smallest absolute Gasteiger partial charge is 0.432 e. The number of methoxy groups -OCH3 is 1. The largest absolute Gasteiger partial charge is 0.497 e. The van der Waals surface area contributed by atoms with Crippen LogP contribution in [0.25, 0.3) is 5.69 Å². The van der Waals surface area contributed by atoms with Crippen LogP contribution in [-0.2, 0) is 6.54 Å². The first-order valence-corrected chi connectivity index (χ1v) is 8.08. The van der Waals surface area contributed by atoms with Crippen LogP contribution < -0.4 is 15.0 Å². The molecule has 1 amide bonds. The van der Waals surface area contributed by atoms with E-state index in [0.29, 0.717) is 22.7 Å². The van der Waals surface area contributed by atoms with Gasteiger partial charge in [-0.2, -0.15) is 0 Å². The summed E-state index contributed by atoms with van der Waals surface area (Å²) in [6.07, 6.45) is 0. The summed E-state index contributed by atoms with van der Waals surface area (Å²) in [5, 5.41) is 2.57. The normalized spacial score (nSPS) is 10.6. The number of ether oxygens (including phenoxy) is 1. The standard InChI is InChI=1S/C19H19N3O4/c1-13-4-6-14(7-5-13)18(23)21(2)12-17-19(24)26-20-22(17)15-8-10-16(25-3)11-9-15/h4-11H,12H2,1-3H3/p+1. The van der Waals surface area contributed by atoms with E-state index in [1.165, 1.54) is 9.58 Å². The number of hydrogen-bond acceptors (Lipinski definition) is 4. The van der Waals surface area contributed by atoms with Gasteiger partial charge in [0.2, 0.25) is 5.69 Å². The summed E-state index contributed by atoms with van der Waals surface area (Å²) in [6.45, 7) is 2.06. The molecule has 0 spiro atoms. The Morgan fingerprint density at radius 2 is 1.81 bits per heavy atom. The maximum atomic E-state index is 12.6. The molecule has 0 aliphatic carbocycles. The average molecular weight is 354 g/mol. The van der Waals surface area contributed by atoms with E-state index < -0.39 is 5.63 Å². The lowest BCUT2D eigenvalue weighted by Gasteiger charge is -2.14. The molecular weight excluding hydrogens is 334 g/mol. The Kier molecular flexibility index (Phi) is 4.88. The van der Waals surface area contributed by atoms with Gasteiger partial charge in [0.05, 0.1) is 7.11 Å². The molecule has 0 aliphatic rings. The number of amides is 1. The molecule has 0 atom stereocenters. The summed E-state index contributed by atoms with van der Waals surface area (Å²) in [6, 6.07) is 14.4. The maximum absolute atomic E-state index is 12.6. The molecule has 0 fully saturated rings. The minimum Gasteiger partial charge on any atom is -0.497 e. The first-order chi connectivity index (χ1) is 12.5. The summed E-state index contributed by atoms with van der Waals surface area (Å²) >= 11 is 0. The molecule has 3 aromatic rings. The zero-order valence-electron chi connectivity index (χ0n) is 14.9. The fourth-order valence-electron chi connectivity index (χ4n) is 2.58. The van der Waals surface area contributed by atoms with Crippen LogP contribution in [0.4, 0.5) is 0 Å². The summed E-state index contributed by atoms with van der Waals surface area (Å²) in [5.74, 6) is 0.528. The monoisotopic (exact) mass is 354 g/mol. The molecule has 2 aromatic carbocycles. The predicted octanol–water partition coefficient (Wildman–Crippen LogP) is 1.83. The number of nitrogens with one attached hydrogen (secondary N) is 1. The van der Waals surface area contributed by atoms with E-state index in [9.17, 15) is 9.59 Å². The van der Waals surface area contributed by atoms with Crippen molar-refractivity contribution in [3.8, 4) is 11.4 Å². The highest BCUT2D eigenvalue weighted by Gasteiger charge is 2.26. The van der Waals surface area contributed by atoms with Crippen molar-refractivity contribution in [2.24, 2.45) is 0 Å². The highest BCUT2D eigenvalue weighted by molar-refractivity contribution is 5.94. The molecule has 0 aliphatic heterocycles. The van der Waals surface area contributed by atoms with Gasteiger partial charge in [0, 0.05) is 24.7 Å². The van der Waals surface area contributed by atoms with Gasteiger partial charge in [-0.3, -0.25) is 9.32 Å². The van der Waals surface area contributed by atoms with E-state index in [2.05, 4.69) is 5.27 Å². The molecule has 0 bridgehead atoms. The number of hydrogen-bond donors (Lipinski definition) is 1. The summed E-state index contributed by atoms with van der Waals surface area (Å²) in [4.78, 5) is 26.2. The second-order valence-electron chi connectivity index (χ2n) is 5.99. The van der Waals surface area contributed by atoms with E-state index in [4.69, 9.17) is 9.26 Å². The predicted molar refractivity (Wildman–Crippen MR) is 94.4 cm³/mol. The number of carbonyl (C=O) groups excluding carboxylic acids is 1. The summed E-state index contributed by atoms with van der Waals surface area (Å²) in [7, 11) is 3.23. The van der Waals surface area contributed by atoms with Gasteiger partial charge in [-0.25, -0.2) is 4.79 Å². The van der Waals surface area contributed by atoms with Crippen LogP contribution in [0.2, 0.25) is 0 Å². The molecular formula is C19H20N3O4+. The second-order valence-corrected chi connectivity index (χ2v) is 5.99. The number of benzene rings is 2. The van der Waals surface area contributed by atoms with Crippen LogP contribution in [-0.4, -0.2) is 30.2 Å². The first kappa shape index (κ1) is 17.5. The maximum Gasteiger partial charge on any atom is 0.432 e. The Bertz CT molecular complexity index is 956. The molecule has 7 nitrogen and oxygen atoms in total. The second kappa shape index (κ2) is 7.26. The van der Waals surface area contributed by atoms with Crippen molar-refractivity contribution in [1.82, 2.24) is 10.2 Å². The molecule has 0 saturated carbocycles. The lowest BCUT2D eigenvalue weighted by atomic mass is 10.1. The molecule has 3 rings (SSSR count). The van der Waals surface area contributed by atoms with E-state index in [-0.39, 0.29) is 12.5 Å². The summed E-state index contributed by atoms with van der Waals surface area (Å²) in [5.41, 5.74) is 2.13. The van der Waals surface area contributed by atoms with Crippen molar-refractivity contribution in [1.29, 1.82) is 0 Å². The molecule has 0 saturated heterocycles. The molecule has 0 radical (unpaired) electrons. The quantitative estimate of drug-likeness (QED) is 0.709. The number of carbonyl (C=O) groups is 1. The van der Waals surface area contributed by atoms with Gasteiger partial charge >= 0.3 is 11.3 Å². The fraction of sp³-hybridized carbons (Fsp3) is 0.211. The number of aromatic nitrogens is 2. The lowest BCUT2D eigenvalue weighted by molar-refractivity contribution is -0.678. The minimum absolute atomic E-state index is 0.102. The van der Waals surface area contributed by atoms with Crippen molar-refractivity contribution in [3.63, 3.8) is 0 Å². The van der Waals surface area contributed by atoms with Gasteiger partial charge in [-0.1, -0.05) is 17.7 Å². The van der Waals surface area contributed by atoms with Crippen molar-refractivity contribution < 1.29 is 18.7 Å². The first-order valence-electron chi connectivity index (χ1n) is 8.08. The van der Waals surface area contributed by atoms with Crippen LogP contribution in [0.5, 0.6) is 5.75 Å². The third kappa shape index (κ3) is 3.51. The summed E-state index contributed by atoms with van der Waals surface area (Å²) < 4.78 is 11.6. The van der Waals surface area contributed by atoms with Crippen molar-refractivity contribution in [2.45, 2.75) is 13.5 Å². The van der Waals surface area contributed by atoms with Crippen molar-refractivity contribution in [2.75, 3.05) is 14.2 Å². The zero-order valence-corrected chi connectivity index (χ0v) is 14.9. The number of H-pyrrole nitrogens is 1. The Morgan fingerprint density at radius 1 is 1.15 bits per heavy atom. The zero-order chi connectivity index (χ0) is 18.7. The number of nitrogens with zero attached hydrogens (tertiary/aromatic N) is 2. The topological polar surface area (TPSA) is 79.4 Å². The SMILES string of the molecule is COc1ccc(-[n+]2[nH]oc(=O)c2CN(C)C(=O)c2ccc(C)cc2)cc1. The Morgan fingerprint density at radius 3 is 2.42 bits per heavy atom. The number of aryl methyl sites for hydroxylation is 1. The van der Waals surface area contributed by atoms with Crippen molar-refractivity contribution in [3.05, 3.63) is 75.8 Å². The van der Waals surface area contributed by atoms with Crippen LogP contribution in [0.15, 0.2) is 57.8 Å². The van der Waals surface area contributed by atoms with Gasteiger partial charge in [0.1, 0.15) is 12.3 Å². The average Bonchev–Trinajstić information content (AvgIpc) is 3.02. The molecule has 7 heteroatoms. The van der Waals surface area contributed by atoms with Crippen LogP contribution in [0.3, 0.4) is 0 Å². The molecule has 0 unspecified atom stereocenters.